The summed E-state index contributed by atoms with van der Waals surface area (Å²) in [5, 5.41) is 5.22. The molecule has 0 radical (unpaired) electrons. The van der Waals surface area contributed by atoms with Crippen molar-refractivity contribution in [1.82, 2.24) is 24.8 Å². The monoisotopic (exact) mass is 596 g/mol. The minimum atomic E-state index is -5.21. The highest BCUT2D eigenvalue weighted by atomic mass is 31.3. The predicted octanol–water partition coefficient (Wildman–Crippen LogP) is 0.903. The van der Waals surface area contributed by atoms with Gasteiger partial charge in [-0.05, 0) is 12.5 Å². The summed E-state index contributed by atoms with van der Waals surface area (Å²) < 4.78 is 52.3. The van der Waals surface area contributed by atoms with Crippen molar-refractivity contribution in [3.05, 3.63) is 48.5 Å². The van der Waals surface area contributed by atoms with Gasteiger partial charge in [-0.2, -0.15) is 0 Å². The van der Waals surface area contributed by atoms with Gasteiger partial charge in [0.15, 0.2) is 29.5 Å². The number of carbonyl (C=O) groups is 1. The molecule has 0 spiro atoms. The Bertz CT molecular complexity index is 1450. The number of aromatic nitrogens is 4. The highest BCUT2D eigenvalue weighted by Crippen LogP contribution is 2.53. The number of rotatable bonds is 10. The molecule has 3 unspecified atom stereocenters. The molecule has 2 saturated heterocycles. The second kappa shape index (κ2) is 11.6. The largest absolute Gasteiger partial charge is 0.778 e. The fourth-order valence-electron chi connectivity index (χ4n) is 4.47. The molecule has 40 heavy (non-hydrogen) atoms. The smallest absolute Gasteiger partial charge is 0.320 e. The van der Waals surface area contributed by atoms with Crippen molar-refractivity contribution in [2.75, 3.05) is 25.1 Å². The first kappa shape index (κ1) is 28.7. The van der Waals surface area contributed by atoms with Crippen molar-refractivity contribution in [2.45, 2.75) is 44.2 Å². The normalized spacial score (nSPS) is 27.1. The third kappa shape index (κ3) is 6.57. The number of amides is 2. The van der Waals surface area contributed by atoms with Crippen LogP contribution in [0.3, 0.4) is 0 Å². The number of anilines is 1. The fraction of sp³-hybridized carbons (Fsp3) is 0.455. The summed E-state index contributed by atoms with van der Waals surface area (Å²) in [6.07, 6.45) is -1.08. The molecule has 216 valence electrons. The van der Waals surface area contributed by atoms with Crippen LogP contribution in [0.1, 0.15) is 18.7 Å². The minimum absolute atomic E-state index is 0.167. The summed E-state index contributed by atoms with van der Waals surface area (Å²) in [7, 11) is -9.83. The number of phosphoric acid groups is 1. The van der Waals surface area contributed by atoms with Gasteiger partial charge in [-0.15, -0.1) is 0 Å². The molecule has 1 aromatic carbocycles. The van der Waals surface area contributed by atoms with Gasteiger partial charge in [0.2, 0.25) is 0 Å². The highest BCUT2D eigenvalue weighted by Gasteiger charge is 2.54. The number of hydrogen-bond donors (Lipinski definition) is 2. The molecule has 2 amide bonds. The quantitative estimate of drug-likeness (QED) is 0.312. The third-order valence-electron chi connectivity index (χ3n) is 6.00. The van der Waals surface area contributed by atoms with Gasteiger partial charge in [0.1, 0.15) is 32.2 Å². The maximum Gasteiger partial charge on any atom is 0.320 e. The van der Waals surface area contributed by atoms with E-state index < -0.39 is 58.9 Å². The van der Waals surface area contributed by atoms with Crippen LogP contribution in [0.5, 0.6) is 0 Å². The van der Waals surface area contributed by atoms with Crippen molar-refractivity contribution in [2.24, 2.45) is 0 Å². The molecule has 7 atom stereocenters. The van der Waals surface area contributed by atoms with E-state index in [1.807, 2.05) is 30.3 Å². The van der Waals surface area contributed by atoms with E-state index in [9.17, 15) is 23.7 Å². The fourth-order valence-corrected chi connectivity index (χ4v) is 6.44. The summed E-state index contributed by atoms with van der Waals surface area (Å²) in [6.45, 7) is 2.18. The Kier molecular flexibility index (Phi) is 8.34. The molecular weight excluding hydrogens is 570 g/mol. The van der Waals surface area contributed by atoms with Crippen molar-refractivity contribution < 1.29 is 46.8 Å². The van der Waals surface area contributed by atoms with Gasteiger partial charge in [-0.3, -0.25) is 18.8 Å². The lowest BCUT2D eigenvalue weighted by Gasteiger charge is -2.30. The van der Waals surface area contributed by atoms with Gasteiger partial charge in [0, 0.05) is 19.6 Å². The van der Waals surface area contributed by atoms with Gasteiger partial charge in [-0.1, -0.05) is 30.3 Å². The summed E-state index contributed by atoms with van der Waals surface area (Å²) in [6, 6.07) is 9.00. The zero-order valence-corrected chi connectivity index (χ0v) is 23.1. The average Bonchev–Trinajstić information content (AvgIpc) is 3.56. The Morgan fingerprint density at radius 3 is 2.58 bits per heavy atom. The molecule has 16 nitrogen and oxygen atoms in total. The van der Waals surface area contributed by atoms with Crippen LogP contribution in [-0.2, 0) is 38.6 Å². The number of fused-ring (bicyclic) bond motifs is 2. The minimum Gasteiger partial charge on any atom is -0.778 e. The van der Waals surface area contributed by atoms with E-state index in [2.05, 4.69) is 29.9 Å². The van der Waals surface area contributed by atoms with Crippen LogP contribution in [-0.4, -0.2) is 70.0 Å². The third-order valence-corrected chi connectivity index (χ3v) is 8.45. The number of urea groups is 1. The molecule has 3 aromatic rings. The number of phosphoric ester groups is 1. The Labute approximate surface area is 228 Å². The lowest BCUT2D eigenvalue weighted by molar-refractivity contribution is -0.234. The number of nitrogens with one attached hydrogen (secondary N) is 2. The molecule has 2 aliphatic rings. The molecule has 0 saturated carbocycles. The van der Waals surface area contributed by atoms with Gasteiger partial charge in [0.05, 0.1) is 12.9 Å². The number of nitrogens with zero attached hydrogens (tertiary/aromatic N) is 4. The number of ether oxygens (including phenoxy) is 3. The molecule has 18 heteroatoms. The average molecular weight is 596 g/mol. The first-order valence-electron chi connectivity index (χ1n) is 12.2. The van der Waals surface area contributed by atoms with Gasteiger partial charge in [-0.25, -0.2) is 19.7 Å². The molecule has 2 fully saturated rings. The summed E-state index contributed by atoms with van der Waals surface area (Å²) in [4.78, 5) is 48.2. The lowest BCUT2D eigenvalue weighted by Crippen LogP contribution is -2.32. The molecule has 0 bridgehead atoms. The van der Waals surface area contributed by atoms with Crippen molar-refractivity contribution in [1.29, 1.82) is 0 Å². The topological polar surface area (TPSA) is 211 Å². The van der Waals surface area contributed by atoms with Crippen molar-refractivity contribution in [3.8, 4) is 0 Å². The van der Waals surface area contributed by atoms with Gasteiger partial charge >= 0.3 is 6.03 Å². The van der Waals surface area contributed by atoms with E-state index in [1.165, 1.54) is 12.7 Å². The molecule has 2 aromatic heterocycles. The summed E-state index contributed by atoms with van der Waals surface area (Å²) >= 11 is 0. The van der Waals surface area contributed by atoms with E-state index in [0.717, 1.165) is 5.56 Å². The first-order valence-corrected chi connectivity index (χ1v) is 15.7. The molecular formula is C22H26N6O10P2-2. The predicted molar refractivity (Wildman–Crippen MR) is 134 cm³/mol. The zero-order valence-electron chi connectivity index (χ0n) is 21.3. The maximum absolute atomic E-state index is 12.1. The van der Waals surface area contributed by atoms with E-state index >= 15 is 0 Å². The van der Waals surface area contributed by atoms with Crippen LogP contribution >= 0.6 is 15.4 Å². The van der Waals surface area contributed by atoms with Crippen LogP contribution in [0.4, 0.5) is 10.6 Å². The van der Waals surface area contributed by atoms with Crippen LogP contribution in [0.2, 0.25) is 0 Å². The van der Waals surface area contributed by atoms with Crippen LogP contribution in [0.15, 0.2) is 43.0 Å². The van der Waals surface area contributed by atoms with Crippen molar-refractivity contribution in [3.63, 3.8) is 0 Å². The SMILES string of the molecule is CCNC(=O)Nc1ncnc2c1ncn2[C@@H]1O[C@H](COP(=O)([O-])OP(C)(=O)[O-])C2O[C@H](Cc3ccccc3)O[C@@H]21. The zero-order chi connectivity index (χ0) is 28.5. The van der Waals surface area contributed by atoms with Crippen LogP contribution < -0.4 is 20.4 Å². The highest BCUT2D eigenvalue weighted by molar-refractivity contribution is 7.62. The second-order valence-corrected chi connectivity index (χ2v) is 12.4. The summed E-state index contributed by atoms with van der Waals surface area (Å²) in [5.41, 5.74) is 1.53. The van der Waals surface area contributed by atoms with E-state index in [0.29, 0.717) is 25.3 Å². The number of carbonyl (C=O) groups excluding carboxylic acids is 1. The summed E-state index contributed by atoms with van der Waals surface area (Å²) in [5.74, 6) is 0.167. The Morgan fingerprint density at radius 1 is 1.10 bits per heavy atom. The van der Waals surface area contributed by atoms with Crippen molar-refractivity contribution >= 4 is 38.4 Å². The van der Waals surface area contributed by atoms with Crippen LogP contribution in [0.25, 0.3) is 11.2 Å². The Balaban J connectivity index is 1.40. The molecule has 5 rings (SSSR count). The first-order chi connectivity index (χ1) is 19.0. The standard InChI is InChI=1S/C22H28N6O10P2/c1-3-23-22(29)27-19-16-20(25-11-24-19)28(12-26-16)21-18-17(36-15(37-18)9-13-7-5-4-6-8-13)14(35-21)10-34-40(32,33)38-39(2,30)31/h4-8,11-12,14-15,17-18,21H,3,9-10H2,1-2H3,(H,30,31)(H,32,33)(H2,23,24,25,27,29)/p-2/t14-,15+,17?,18+,21-/m1/s1. The molecule has 2 N–H and O–H groups in total. The van der Waals surface area contributed by atoms with Crippen LogP contribution in [0, 0.1) is 0 Å². The number of benzene rings is 1. The van der Waals surface area contributed by atoms with Gasteiger partial charge < -0.3 is 38.4 Å². The van der Waals surface area contributed by atoms with E-state index in [4.69, 9.17) is 18.7 Å². The van der Waals surface area contributed by atoms with Gasteiger partial charge in [0.25, 0.3) is 7.82 Å². The second-order valence-electron chi connectivity index (χ2n) is 9.01. The maximum atomic E-state index is 12.1. The Morgan fingerprint density at radius 2 is 1.85 bits per heavy atom. The van der Waals surface area contributed by atoms with E-state index in [1.54, 1.807) is 11.5 Å². The molecule has 2 aliphatic heterocycles. The Hall–Kier alpha value is -2.78. The molecule has 0 aliphatic carbocycles. The number of imidazole rings is 1. The number of hydrogen-bond acceptors (Lipinski definition) is 13. The molecule has 4 heterocycles. The lowest BCUT2D eigenvalue weighted by atomic mass is 10.1. The van der Waals surface area contributed by atoms with E-state index in [-0.39, 0.29) is 11.3 Å².